The maximum Gasteiger partial charge on any atom is 0.330 e. The van der Waals surface area contributed by atoms with E-state index in [2.05, 4.69) is 0 Å². The minimum Gasteiger partial charge on any atom is -0.481 e. The molecular weight excluding hydrogens is 208 g/mol. The molecule has 0 bridgehead atoms. The van der Waals surface area contributed by atoms with E-state index in [1.807, 2.05) is 13.8 Å². The summed E-state index contributed by atoms with van der Waals surface area (Å²) in [4.78, 5) is 22.1. The predicted octanol–water partition coefficient (Wildman–Crippen LogP) is 1.85. The molecule has 0 aromatic heterocycles. The number of carbonyl (C=O) groups excluding carboxylic acids is 1. The van der Waals surface area contributed by atoms with Crippen molar-refractivity contribution in [2.75, 3.05) is 0 Å². The molecule has 4 nitrogen and oxygen atoms in total. The Morgan fingerprint density at radius 3 is 2.31 bits per heavy atom. The van der Waals surface area contributed by atoms with Gasteiger partial charge < -0.3 is 9.84 Å². The lowest BCUT2D eigenvalue weighted by Gasteiger charge is -2.03. The van der Waals surface area contributed by atoms with Crippen LogP contribution in [0, 0.1) is 17.3 Å². The standard InChI is InChI=1S/C12H18O4/c1-7(2)16-9(13)6-5-8-10(11(14)15)12(8,3)4/h5-8,10H,1-4H3,(H,14,15). The molecule has 0 aromatic carbocycles. The summed E-state index contributed by atoms with van der Waals surface area (Å²) in [6.07, 6.45) is 2.82. The van der Waals surface area contributed by atoms with Gasteiger partial charge in [0.15, 0.2) is 0 Å². The van der Waals surface area contributed by atoms with Crippen LogP contribution in [0.4, 0.5) is 0 Å². The fourth-order valence-corrected chi connectivity index (χ4v) is 1.96. The number of hydrogen-bond donors (Lipinski definition) is 1. The SMILES string of the molecule is CC(C)OC(=O)C=CC1C(C(=O)O)C1(C)C. The summed E-state index contributed by atoms with van der Waals surface area (Å²) in [5, 5.41) is 8.92. The zero-order valence-corrected chi connectivity index (χ0v) is 10.1. The van der Waals surface area contributed by atoms with Crippen molar-refractivity contribution < 1.29 is 19.4 Å². The molecule has 1 saturated carbocycles. The molecule has 0 saturated heterocycles. The summed E-state index contributed by atoms with van der Waals surface area (Å²) in [7, 11) is 0. The summed E-state index contributed by atoms with van der Waals surface area (Å²) in [6, 6.07) is 0. The van der Waals surface area contributed by atoms with Crippen molar-refractivity contribution in [3.63, 3.8) is 0 Å². The van der Waals surface area contributed by atoms with Crippen LogP contribution in [0.3, 0.4) is 0 Å². The van der Waals surface area contributed by atoms with E-state index in [4.69, 9.17) is 9.84 Å². The van der Waals surface area contributed by atoms with Crippen molar-refractivity contribution in [3.05, 3.63) is 12.2 Å². The Kier molecular flexibility index (Phi) is 3.41. The molecule has 2 atom stereocenters. The summed E-state index contributed by atoms with van der Waals surface area (Å²) in [5.74, 6) is -1.70. The van der Waals surface area contributed by atoms with Gasteiger partial charge >= 0.3 is 11.9 Å². The molecule has 1 fully saturated rings. The maximum atomic E-state index is 11.2. The van der Waals surface area contributed by atoms with Crippen LogP contribution in [0.15, 0.2) is 12.2 Å². The van der Waals surface area contributed by atoms with Gasteiger partial charge in [-0.15, -0.1) is 0 Å². The Hall–Kier alpha value is -1.32. The minimum atomic E-state index is -0.808. The van der Waals surface area contributed by atoms with E-state index >= 15 is 0 Å². The molecule has 16 heavy (non-hydrogen) atoms. The number of esters is 1. The second-order valence-electron chi connectivity index (χ2n) is 5.01. The molecule has 0 amide bonds. The molecule has 1 aliphatic rings. The van der Waals surface area contributed by atoms with Gasteiger partial charge in [0.2, 0.25) is 0 Å². The number of ether oxygens (including phenoxy) is 1. The highest BCUT2D eigenvalue weighted by molar-refractivity contribution is 5.83. The van der Waals surface area contributed by atoms with Crippen LogP contribution in [0.1, 0.15) is 27.7 Å². The topological polar surface area (TPSA) is 63.6 Å². The molecule has 1 rings (SSSR count). The monoisotopic (exact) mass is 226 g/mol. The first kappa shape index (κ1) is 12.7. The van der Waals surface area contributed by atoms with Gasteiger partial charge in [-0.2, -0.15) is 0 Å². The molecule has 0 heterocycles. The third kappa shape index (κ3) is 2.62. The number of carbonyl (C=O) groups is 2. The first-order valence-electron chi connectivity index (χ1n) is 5.38. The molecule has 90 valence electrons. The van der Waals surface area contributed by atoms with E-state index in [1.54, 1.807) is 19.9 Å². The number of carboxylic acids is 1. The minimum absolute atomic E-state index is 0.0790. The zero-order chi connectivity index (χ0) is 12.5. The molecule has 0 aromatic rings. The number of rotatable bonds is 4. The highest BCUT2D eigenvalue weighted by atomic mass is 16.5. The molecule has 1 aliphatic carbocycles. The van der Waals surface area contributed by atoms with Crippen LogP contribution in [-0.4, -0.2) is 23.1 Å². The quantitative estimate of drug-likeness (QED) is 0.587. The molecule has 1 N–H and O–H groups in total. The Morgan fingerprint density at radius 1 is 1.38 bits per heavy atom. The third-order valence-electron chi connectivity index (χ3n) is 2.97. The van der Waals surface area contributed by atoms with Gasteiger partial charge in [0.25, 0.3) is 0 Å². The van der Waals surface area contributed by atoms with E-state index in [0.29, 0.717) is 0 Å². The fourth-order valence-electron chi connectivity index (χ4n) is 1.96. The summed E-state index contributed by atoms with van der Waals surface area (Å²) >= 11 is 0. The lowest BCUT2D eigenvalue weighted by molar-refractivity contribution is -0.142. The predicted molar refractivity (Wildman–Crippen MR) is 58.8 cm³/mol. The van der Waals surface area contributed by atoms with Gasteiger partial charge in [-0.05, 0) is 25.2 Å². The number of allylic oxidation sites excluding steroid dienone is 1. The Balaban J connectivity index is 2.54. The number of aliphatic carboxylic acids is 1. The van der Waals surface area contributed by atoms with E-state index in [0.717, 1.165) is 0 Å². The number of hydrogen-bond acceptors (Lipinski definition) is 3. The number of carboxylic acid groups (broad SMARTS) is 1. The molecule has 2 unspecified atom stereocenters. The smallest absolute Gasteiger partial charge is 0.330 e. The molecule has 0 spiro atoms. The van der Waals surface area contributed by atoms with Crippen molar-refractivity contribution in [1.82, 2.24) is 0 Å². The second-order valence-corrected chi connectivity index (χ2v) is 5.01. The highest BCUT2D eigenvalue weighted by Gasteiger charge is 2.60. The first-order valence-corrected chi connectivity index (χ1v) is 5.38. The fraction of sp³-hybridized carbons (Fsp3) is 0.667. The zero-order valence-electron chi connectivity index (χ0n) is 10.1. The van der Waals surface area contributed by atoms with Crippen LogP contribution in [-0.2, 0) is 14.3 Å². The summed E-state index contributed by atoms with van der Waals surface area (Å²) in [6.45, 7) is 7.31. The molecule has 4 heteroatoms. The van der Waals surface area contributed by atoms with E-state index in [1.165, 1.54) is 6.08 Å². The van der Waals surface area contributed by atoms with E-state index in [9.17, 15) is 9.59 Å². The first-order chi connectivity index (χ1) is 7.26. The van der Waals surface area contributed by atoms with Gasteiger partial charge in [-0.3, -0.25) is 4.79 Å². The van der Waals surface area contributed by atoms with Crippen molar-refractivity contribution in [1.29, 1.82) is 0 Å². The molecule has 0 radical (unpaired) electrons. The van der Waals surface area contributed by atoms with Gasteiger partial charge in [-0.1, -0.05) is 19.9 Å². The van der Waals surface area contributed by atoms with Gasteiger partial charge in [0.1, 0.15) is 0 Å². The van der Waals surface area contributed by atoms with Crippen LogP contribution >= 0.6 is 0 Å². The van der Waals surface area contributed by atoms with Crippen LogP contribution in [0.2, 0.25) is 0 Å². The summed E-state index contributed by atoms with van der Waals surface area (Å²) < 4.78 is 4.92. The highest BCUT2D eigenvalue weighted by Crippen LogP contribution is 2.58. The largest absolute Gasteiger partial charge is 0.481 e. The maximum absolute atomic E-state index is 11.2. The third-order valence-corrected chi connectivity index (χ3v) is 2.97. The van der Waals surface area contributed by atoms with Crippen LogP contribution in [0.5, 0.6) is 0 Å². The Labute approximate surface area is 95.3 Å². The van der Waals surface area contributed by atoms with Crippen molar-refractivity contribution in [3.8, 4) is 0 Å². The lowest BCUT2D eigenvalue weighted by Crippen LogP contribution is -2.08. The van der Waals surface area contributed by atoms with Crippen LogP contribution < -0.4 is 0 Å². The second kappa shape index (κ2) is 4.28. The summed E-state index contributed by atoms with van der Waals surface area (Å²) in [5.41, 5.74) is -0.263. The van der Waals surface area contributed by atoms with Crippen molar-refractivity contribution in [2.45, 2.75) is 33.8 Å². The van der Waals surface area contributed by atoms with E-state index < -0.39 is 17.9 Å². The molecule has 0 aliphatic heterocycles. The average Bonchev–Trinajstić information content (AvgIpc) is 2.63. The van der Waals surface area contributed by atoms with Gasteiger partial charge in [0, 0.05) is 6.08 Å². The lowest BCUT2D eigenvalue weighted by atomic mass is 10.1. The molecular formula is C12H18O4. The Bertz CT molecular complexity index is 328. The van der Waals surface area contributed by atoms with Gasteiger partial charge in [-0.25, -0.2) is 4.79 Å². The normalized spacial score (nSPS) is 27.1. The van der Waals surface area contributed by atoms with Crippen molar-refractivity contribution >= 4 is 11.9 Å². The Morgan fingerprint density at radius 2 is 1.94 bits per heavy atom. The average molecular weight is 226 g/mol. The van der Waals surface area contributed by atoms with Gasteiger partial charge in [0.05, 0.1) is 12.0 Å². The van der Waals surface area contributed by atoms with Crippen LogP contribution in [0.25, 0.3) is 0 Å². The van der Waals surface area contributed by atoms with Crippen molar-refractivity contribution in [2.24, 2.45) is 17.3 Å². The van der Waals surface area contributed by atoms with E-state index in [-0.39, 0.29) is 17.4 Å².